The van der Waals surface area contributed by atoms with E-state index in [4.69, 9.17) is 5.73 Å². The monoisotopic (exact) mass is 460 g/mol. The number of carbonyl (C=O) groups is 1. The minimum atomic E-state index is -0.117. The quantitative estimate of drug-likeness (QED) is 0.263. The first-order chi connectivity index (χ1) is 15.9. The summed E-state index contributed by atoms with van der Waals surface area (Å²) in [7, 11) is 2.13. The first-order valence-corrected chi connectivity index (χ1v) is 11.4. The van der Waals surface area contributed by atoms with E-state index in [1.807, 2.05) is 27.7 Å². The first kappa shape index (κ1) is 32.1. The highest BCUT2D eigenvalue weighted by atomic mass is 16.1. The molecule has 9 nitrogen and oxygen atoms in total. The second-order valence-corrected chi connectivity index (χ2v) is 6.84. The fourth-order valence-electron chi connectivity index (χ4n) is 2.53. The Hall–Kier alpha value is -3.07. The van der Waals surface area contributed by atoms with Crippen LogP contribution in [0.2, 0.25) is 0 Å². The Labute approximate surface area is 200 Å². The van der Waals surface area contributed by atoms with E-state index in [9.17, 15) is 4.79 Å². The van der Waals surface area contributed by atoms with Gasteiger partial charge in [0.1, 0.15) is 17.9 Å². The summed E-state index contributed by atoms with van der Waals surface area (Å²) in [5.74, 6) is 1.05. The Balaban J connectivity index is 0. The summed E-state index contributed by atoms with van der Waals surface area (Å²) in [6, 6.07) is 0. The number of likely N-dealkylation sites (tertiary alicyclic amines) is 1. The van der Waals surface area contributed by atoms with Crippen molar-refractivity contribution in [2.45, 2.75) is 47.5 Å². The standard InChI is InChI=1S/C15H25N5O.C7H13N3.C2H6/c1-4-16-12-17-7-8-18-13(2)15(21)19-11-14-5-9-20(3)10-6-14;1-4-6(8)7(9-3)10-5-2;1-2/h4,7-8,12,14H,5-6,9-11H2,1-3H3,(H,19,21);4,10H,1,3,5,8H2,2H3;1-2H3/b8-7+,16-4?,17-12?,18-13?;7-6-;. The molecule has 0 radical (unpaired) electrons. The number of hydrogen-bond donors (Lipinski definition) is 3. The van der Waals surface area contributed by atoms with Crippen LogP contribution in [0.4, 0.5) is 0 Å². The van der Waals surface area contributed by atoms with E-state index in [1.165, 1.54) is 24.8 Å². The lowest BCUT2D eigenvalue weighted by molar-refractivity contribution is -0.115. The van der Waals surface area contributed by atoms with Crippen LogP contribution in [0.15, 0.2) is 56.5 Å². The molecule has 0 aliphatic carbocycles. The summed E-state index contributed by atoms with van der Waals surface area (Å²) in [4.78, 5) is 29.6. The molecule has 186 valence electrons. The van der Waals surface area contributed by atoms with Crippen molar-refractivity contribution in [2.75, 3.05) is 33.2 Å². The van der Waals surface area contributed by atoms with Gasteiger partial charge in [0.15, 0.2) is 0 Å². The van der Waals surface area contributed by atoms with Gasteiger partial charge in [-0.1, -0.05) is 20.4 Å². The number of carbonyl (C=O) groups excluding carboxylic acids is 1. The van der Waals surface area contributed by atoms with Crippen molar-refractivity contribution >= 4 is 30.9 Å². The molecule has 0 spiro atoms. The third-order valence-electron chi connectivity index (χ3n) is 4.42. The van der Waals surface area contributed by atoms with Crippen molar-refractivity contribution in [3.63, 3.8) is 0 Å². The summed E-state index contributed by atoms with van der Waals surface area (Å²) in [5.41, 5.74) is 6.44. The van der Waals surface area contributed by atoms with Crippen molar-refractivity contribution in [1.29, 1.82) is 0 Å². The van der Waals surface area contributed by atoms with Crippen LogP contribution >= 0.6 is 0 Å². The lowest BCUT2D eigenvalue weighted by atomic mass is 9.97. The SMILES string of the molecule is C=C/C(N)=C(\N=C)NCC.CC.CC=NC=N/C=C/N=C(C)C(=O)NCC1CCN(C)CC1. The summed E-state index contributed by atoms with van der Waals surface area (Å²) >= 11 is 0. The maximum Gasteiger partial charge on any atom is 0.265 e. The van der Waals surface area contributed by atoms with Crippen molar-refractivity contribution < 1.29 is 4.79 Å². The highest BCUT2D eigenvalue weighted by Crippen LogP contribution is 2.14. The molecule has 1 aliphatic rings. The maximum absolute atomic E-state index is 11.9. The Morgan fingerprint density at radius 3 is 2.33 bits per heavy atom. The van der Waals surface area contributed by atoms with E-state index >= 15 is 0 Å². The molecule has 0 aromatic carbocycles. The molecule has 33 heavy (non-hydrogen) atoms. The molecule has 4 N–H and O–H groups in total. The molecule has 0 aromatic heterocycles. The second kappa shape index (κ2) is 22.1. The van der Waals surface area contributed by atoms with Crippen molar-refractivity contribution in [3.8, 4) is 0 Å². The lowest BCUT2D eigenvalue weighted by Crippen LogP contribution is -2.38. The minimum Gasteiger partial charge on any atom is -0.396 e. The molecular formula is C24H44N8O. The summed E-state index contributed by atoms with van der Waals surface area (Å²) < 4.78 is 0. The van der Waals surface area contributed by atoms with Crippen molar-refractivity contribution in [2.24, 2.45) is 31.6 Å². The molecule has 1 aliphatic heterocycles. The fourth-order valence-corrected chi connectivity index (χ4v) is 2.53. The van der Waals surface area contributed by atoms with E-state index in [0.717, 1.165) is 39.0 Å². The second-order valence-electron chi connectivity index (χ2n) is 6.84. The van der Waals surface area contributed by atoms with Crippen LogP contribution < -0.4 is 16.4 Å². The molecular weight excluding hydrogens is 416 g/mol. The smallest absolute Gasteiger partial charge is 0.265 e. The summed E-state index contributed by atoms with van der Waals surface area (Å²) in [6.45, 7) is 20.0. The maximum atomic E-state index is 11.9. The van der Waals surface area contributed by atoms with Gasteiger partial charge >= 0.3 is 0 Å². The zero-order valence-corrected chi connectivity index (χ0v) is 21.3. The fraction of sp³-hybridized carbons (Fsp3) is 0.542. The van der Waals surface area contributed by atoms with Crippen LogP contribution in [0.25, 0.3) is 0 Å². The number of allylic oxidation sites excluding steroid dienone is 1. The average Bonchev–Trinajstić information content (AvgIpc) is 2.85. The molecule has 0 saturated carbocycles. The molecule has 0 bridgehead atoms. The van der Waals surface area contributed by atoms with Crippen LogP contribution in [0.1, 0.15) is 47.5 Å². The predicted octanol–water partition coefficient (Wildman–Crippen LogP) is 3.13. The Kier molecular flexibility index (Phi) is 21.5. The average molecular weight is 461 g/mol. The van der Waals surface area contributed by atoms with Crippen LogP contribution in [-0.2, 0) is 4.79 Å². The van der Waals surface area contributed by atoms with Gasteiger partial charge in [-0.15, -0.1) is 0 Å². The molecule has 1 rings (SSSR count). The molecule has 0 atom stereocenters. The number of nitrogens with two attached hydrogens (primary N) is 1. The normalized spacial score (nSPS) is 15.9. The summed E-state index contributed by atoms with van der Waals surface area (Å²) in [5, 5.41) is 5.88. The van der Waals surface area contributed by atoms with E-state index in [-0.39, 0.29) is 5.91 Å². The van der Waals surface area contributed by atoms with Gasteiger partial charge in [-0.25, -0.2) is 15.0 Å². The predicted molar refractivity (Wildman–Crippen MR) is 144 cm³/mol. The number of piperidine rings is 1. The van der Waals surface area contributed by atoms with Gasteiger partial charge in [-0.05, 0) is 72.5 Å². The van der Waals surface area contributed by atoms with Crippen LogP contribution in [-0.4, -0.2) is 69.0 Å². The Morgan fingerprint density at radius 1 is 1.18 bits per heavy atom. The van der Waals surface area contributed by atoms with Crippen molar-refractivity contribution in [1.82, 2.24) is 15.5 Å². The third-order valence-corrected chi connectivity index (χ3v) is 4.42. The van der Waals surface area contributed by atoms with Gasteiger partial charge in [-0.3, -0.25) is 9.79 Å². The number of nitrogens with one attached hydrogen (secondary N) is 2. The molecule has 1 heterocycles. The molecule has 0 aromatic rings. The van der Waals surface area contributed by atoms with Gasteiger partial charge in [0.25, 0.3) is 5.91 Å². The topological polar surface area (TPSA) is 120 Å². The van der Waals surface area contributed by atoms with Crippen molar-refractivity contribution in [3.05, 3.63) is 36.6 Å². The lowest BCUT2D eigenvalue weighted by Gasteiger charge is -2.28. The Bertz CT molecular complexity index is 699. The molecule has 9 heteroatoms. The number of aliphatic imine (C=N–C) groups is 4. The number of amides is 1. The van der Waals surface area contributed by atoms with Crippen LogP contribution in [0, 0.1) is 5.92 Å². The summed E-state index contributed by atoms with van der Waals surface area (Å²) in [6.07, 6.45) is 9.86. The van der Waals surface area contributed by atoms with Crippen LogP contribution in [0.5, 0.6) is 0 Å². The third kappa shape index (κ3) is 17.2. The van der Waals surface area contributed by atoms with Gasteiger partial charge in [0.2, 0.25) is 0 Å². The van der Waals surface area contributed by atoms with Gasteiger partial charge in [0, 0.05) is 31.7 Å². The molecule has 1 saturated heterocycles. The zero-order valence-electron chi connectivity index (χ0n) is 21.3. The van der Waals surface area contributed by atoms with Gasteiger partial charge < -0.3 is 21.3 Å². The highest BCUT2D eigenvalue weighted by molar-refractivity contribution is 6.38. The molecule has 1 fully saturated rings. The first-order valence-electron chi connectivity index (χ1n) is 11.4. The molecule has 1 amide bonds. The Morgan fingerprint density at radius 2 is 1.82 bits per heavy atom. The molecule has 0 unspecified atom stereocenters. The van der Waals surface area contributed by atoms with Gasteiger partial charge in [0.05, 0.1) is 5.70 Å². The number of hydrogen-bond acceptors (Lipinski definition) is 7. The van der Waals surface area contributed by atoms with E-state index in [2.05, 4.69) is 55.8 Å². The van der Waals surface area contributed by atoms with E-state index in [0.29, 0.717) is 23.1 Å². The van der Waals surface area contributed by atoms with Gasteiger partial charge in [-0.2, -0.15) is 0 Å². The van der Waals surface area contributed by atoms with Crippen LogP contribution in [0.3, 0.4) is 0 Å². The van der Waals surface area contributed by atoms with E-state index < -0.39 is 0 Å². The highest BCUT2D eigenvalue weighted by Gasteiger charge is 2.17. The minimum absolute atomic E-state index is 0.117. The van der Waals surface area contributed by atoms with E-state index in [1.54, 1.807) is 13.1 Å². The number of nitrogens with zero attached hydrogens (tertiary/aromatic N) is 5. The largest absolute Gasteiger partial charge is 0.396 e. The number of rotatable bonds is 10. The zero-order chi connectivity index (χ0) is 25.5.